The van der Waals surface area contributed by atoms with Crippen molar-refractivity contribution in [3.63, 3.8) is 0 Å². The van der Waals surface area contributed by atoms with Gasteiger partial charge in [-0.15, -0.1) is 0 Å². The molecule has 0 spiro atoms. The summed E-state index contributed by atoms with van der Waals surface area (Å²) in [7, 11) is 1.76. The van der Waals surface area contributed by atoms with Gasteiger partial charge in [0.2, 0.25) is 0 Å². The molecule has 1 aliphatic heterocycles. The maximum absolute atomic E-state index is 6.68. The summed E-state index contributed by atoms with van der Waals surface area (Å²) in [5.74, 6) is 1.66. The lowest BCUT2D eigenvalue weighted by Gasteiger charge is -2.28. The van der Waals surface area contributed by atoms with E-state index in [1.807, 2.05) is 0 Å². The smallest absolute Gasteiger partial charge is 0.141 e. The molecule has 0 bridgehead atoms. The van der Waals surface area contributed by atoms with Crippen molar-refractivity contribution in [2.45, 2.75) is 51.9 Å². The fourth-order valence-corrected chi connectivity index (χ4v) is 4.43. The Labute approximate surface area is 133 Å². The summed E-state index contributed by atoms with van der Waals surface area (Å²) in [5, 5.41) is 4.40. The van der Waals surface area contributed by atoms with E-state index in [2.05, 4.69) is 12.2 Å². The van der Waals surface area contributed by atoms with Crippen LogP contribution in [0.2, 0.25) is 5.02 Å². The van der Waals surface area contributed by atoms with E-state index in [0.717, 1.165) is 36.7 Å². The molecule has 1 aromatic rings. The van der Waals surface area contributed by atoms with E-state index in [4.69, 9.17) is 16.3 Å². The van der Waals surface area contributed by atoms with Crippen LogP contribution >= 0.6 is 11.6 Å². The Bertz CT molecular complexity index is 521. The van der Waals surface area contributed by atoms with Crippen LogP contribution in [0.25, 0.3) is 0 Å². The van der Waals surface area contributed by atoms with Gasteiger partial charge in [-0.25, -0.2) is 0 Å². The van der Waals surface area contributed by atoms with Crippen LogP contribution in [0.3, 0.4) is 0 Å². The summed E-state index contributed by atoms with van der Waals surface area (Å²) in [4.78, 5) is 0. The summed E-state index contributed by atoms with van der Waals surface area (Å²) < 4.78 is 5.71. The minimum Gasteiger partial charge on any atom is -0.495 e. The molecule has 1 aromatic carbocycles. The van der Waals surface area contributed by atoms with E-state index >= 15 is 0 Å². The van der Waals surface area contributed by atoms with Gasteiger partial charge in [0.1, 0.15) is 5.75 Å². The largest absolute Gasteiger partial charge is 0.495 e. The first-order chi connectivity index (χ1) is 10.2. The second kappa shape index (κ2) is 6.58. The molecule has 1 saturated heterocycles. The third kappa shape index (κ3) is 2.93. The maximum Gasteiger partial charge on any atom is 0.141 e. The summed E-state index contributed by atoms with van der Waals surface area (Å²) in [6.07, 6.45) is 8.52. The predicted molar refractivity (Wildman–Crippen MR) is 88.7 cm³/mol. The molecule has 0 aromatic heterocycles. The topological polar surface area (TPSA) is 21.3 Å². The van der Waals surface area contributed by atoms with Crippen molar-refractivity contribution in [1.82, 2.24) is 5.32 Å². The quantitative estimate of drug-likeness (QED) is 0.908. The zero-order chi connectivity index (χ0) is 14.8. The molecule has 1 aliphatic carbocycles. The molecule has 1 unspecified atom stereocenters. The van der Waals surface area contributed by atoms with Gasteiger partial charge < -0.3 is 10.1 Å². The zero-order valence-electron chi connectivity index (χ0n) is 13.2. The number of rotatable bonds is 3. The normalized spacial score (nSPS) is 22.0. The van der Waals surface area contributed by atoms with Crippen molar-refractivity contribution < 1.29 is 4.74 Å². The van der Waals surface area contributed by atoms with E-state index < -0.39 is 0 Å². The number of methoxy groups -OCH3 is 1. The molecule has 0 saturated carbocycles. The summed E-state index contributed by atoms with van der Waals surface area (Å²) in [6, 6.07) is 0. The average molecular weight is 308 g/mol. The minimum absolute atomic E-state index is 0.712. The second-order valence-corrected chi connectivity index (χ2v) is 6.91. The van der Waals surface area contributed by atoms with Gasteiger partial charge in [-0.3, -0.25) is 0 Å². The minimum atomic E-state index is 0.712. The average Bonchev–Trinajstić information content (AvgIpc) is 2.54. The highest BCUT2D eigenvalue weighted by Crippen LogP contribution is 2.42. The number of piperidine rings is 1. The van der Waals surface area contributed by atoms with E-state index in [-0.39, 0.29) is 0 Å². The van der Waals surface area contributed by atoms with Gasteiger partial charge >= 0.3 is 0 Å². The summed E-state index contributed by atoms with van der Waals surface area (Å²) >= 11 is 6.68. The Morgan fingerprint density at radius 2 is 1.95 bits per heavy atom. The molecule has 1 atom stereocenters. The Morgan fingerprint density at radius 3 is 2.62 bits per heavy atom. The zero-order valence-corrected chi connectivity index (χ0v) is 14.0. The third-order valence-electron chi connectivity index (χ3n) is 5.21. The van der Waals surface area contributed by atoms with Gasteiger partial charge in [0, 0.05) is 0 Å². The van der Waals surface area contributed by atoms with Crippen LogP contribution in [0.4, 0.5) is 0 Å². The van der Waals surface area contributed by atoms with E-state index in [1.165, 1.54) is 54.4 Å². The molecular formula is C18H26ClNO. The first kappa shape index (κ1) is 15.2. The Hall–Kier alpha value is -0.730. The van der Waals surface area contributed by atoms with Crippen LogP contribution in [0.15, 0.2) is 0 Å². The van der Waals surface area contributed by atoms with Crippen LogP contribution in [0.1, 0.15) is 47.9 Å². The molecule has 1 heterocycles. The fraction of sp³-hybridized carbons (Fsp3) is 0.667. The number of hydrogen-bond donors (Lipinski definition) is 1. The Morgan fingerprint density at radius 1 is 1.19 bits per heavy atom. The van der Waals surface area contributed by atoms with Crippen molar-refractivity contribution in [3.8, 4) is 5.75 Å². The van der Waals surface area contributed by atoms with Crippen molar-refractivity contribution in [2.75, 3.05) is 20.2 Å². The highest BCUT2D eigenvalue weighted by Gasteiger charge is 2.25. The molecule has 2 aliphatic rings. The molecule has 2 nitrogen and oxygen atoms in total. The molecule has 3 rings (SSSR count). The van der Waals surface area contributed by atoms with Gasteiger partial charge in [0.05, 0.1) is 12.1 Å². The number of nitrogens with one attached hydrogen (secondary N) is 1. The lowest BCUT2D eigenvalue weighted by atomic mass is 9.82. The van der Waals surface area contributed by atoms with Gasteiger partial charge in [-0.05, 0) is 93.1 Å². The monoisotopic (exact) mass is 307 g/mol. The standard InChI is InChI=1S/C18H26ClNO/c1-12-14-7-3-4-8-15(14)17(19)18(21-2)16(12)10-13-6-5-9-20-11-13/h13,20H,3-11H2,1-2H3. The van der Waals surface area contributed by atoms with Crippen molar-refractivity contribution in [2.24, 2.45) is 5.92 Å². The number of benzene rings is 1. The van der Waals surface area contributed by atoms with E-state index in [9.17, 15) is 0 Å². The van der Waals surface area contributed by atoms with Crippen molar-refractivity contribution in [1.29, 1.82) is 0 Å². The van der Waals surface area contributed by atoms with Gasteiger partial charge in [0.25, 0.3) is 0 Å². The van der Waals surface area contributed by atoms with Crippen molar-refractivity contribution in [3.05, 3.63) is 27.3 Å². The number of hydrogen-bond acceptors (Lipinski definition) is 2. The van der Waals surface area contributed by atoms with E-state index in [1.54, 1.807) is 7.11 Å². The molecule has 3 heteroatoms. The molecule has 21 heavy (non-hydrogen) atoms. The first-order valence-electron chi connectivity index (χ1n) is 8.29. The first-order valence-corrected chi connectivity index (χ1v) is 8.67. The van der Waals surface area contributed by atoms with Crippen molar-refractivity contribution >= 4 is 11.6 Å². The number of halogens is 1. The van der Waals surface area contributed by atoms with Crippen LogP contribution in [0.5, 0.6) is 5.75 Å². The van der Waals surface area contributed by atoms with Gasteiger partial charge in [0.15, 0.2) is 0 Å². The number of ether oxygens (including phenoxy) is 1. The Balaban J connectivity index is 1.99. The molecule has 0 amide bonds. The second-order valence-electron chi connectivity index (χ2n) is 6.53. The highest BCUT2D eigenvalue weighted by molar-refractivity contribution is 6.33. The van der Waals surface area contributed by atoms with Gasteiger partial charge in [-0.2, -0.15) is 0 Å². The lowest BCUT2D eigenvalue weighted by Crippen LogP contribution is -2.31. The molecule has 1 N–H and O–H groups in total. The molecular weight excluding hydrogens is 282 g/mol. The van der Waals surface area contributed by atoms with Crippen LogP contribution in [-0.4, -0.2) is 20.2 Å². The summed E-state index contributed by atoms with van der Waals surface area (Å²) in [6.45, 7) is 4.56. The third-order valence-corrected chi connectivity index (χ3v) is 5.61. The Kier molecular flexibility index (Phi) is 4.75. The van der Waals surface area contributed by atoms with Crippen LogP contribution in [0, 0.1) is 12.8 Å². The fourth-order valence-electron chi connectivity index (χ4n) is 4.03. The summed E-state index contributed by atoms with van der Waals surface area (Å²) in [5.41, 5.74) is 5.65. The molecule has 1 fully saturated rings. The molecule has 116 valence electrons. The number of fused-ring (bicyclic) bond motifs is 1. The van der Waals surface area contributed by atoms with Gasteiger partial charge in [-0.1, -0.05) is 11.6 Å². The van der Waals surface area contributed by atoms with E-state index in [0.29, 0.717) is 5.92 Å². The maximum atomic E-state index is 6.68. The highest BCUT2D eigenvalue weighted by atomic mass is 35.5. The van der Waals surface area contributed by atoms with Crippen LogP contribution in [-0.2, 0) is 19.3 Å². The van der Waals surface area contributed by atoms with Crippen LogP contribution < -0.4 is 10.1 Å². The molecule has 0 radical (unpaired) electrons. The lowest BCUT2D eigenvalue weighted by molar-refractivity contribution is 0.363. The predicted octanol–water partition coefficient (Wildman–Crippen LogP) is 4.08. The SMILES string of the molecule is COc1c(Cl)c2c(c(C)c1CC1CCCNC1)CCCC2.